The molecule has 90 valence electrons. The number of carbonyl (C=O) groups is 2. The van der Waals surface area contributed by atoms with E-state index in [-0.39, 0.29) is 0 Å². The molecule has 5 nitrogen and oxygen atoms in total. The Kier molecular flexibility index (Phi) is 4.06. The van der Waals surface area contributed by atoms with E-state index in [9.17, 15) is 14.7 Å². The lowest BCUT2D eigenvalue weighted by atomic mass is 9.80. The molecule has 0 heterocycles. The van der Waals surface area contributed by atoms with Crippen LogP contribution in [0.25, 0.3) is 0 Å². The number of ether oxygens (including phenoxy) is 2. The second-order valence-corrected chi connectivity index (χ2v) is 3.72. The maximum absolute atomic E-state index is 11.5. The Morgan fingerprint density at radius 2 is 1.88 bits per heavy atom. The first-order valence-electron chi connectivity index (χ1n) is 5.13. The molecule has 0 aliphatic heterocycles. The number of aliphatic hydroxyl groups is 1. The normalized spacial score (nSPS) is 20.3. The van der Waals surface area contributed by atoms with E-state index in [0.29, 0.717) is 6.42 Å². The van der Waals surface area contributed by atoms with Gasteiger partial charge in [0.15, 0.2) is 0 Å². The minimum absolute atomic E-state index is 0.553. The van der Waals surface area contributed by atoms with Crippen LogP contribution in [0.2, 0.25) is 0 Å². The van der Waals surface area contributed by atoms with Gasteiger partial charge >= 0.3 is 11.9 Å². The van der Waals surface area contributed by atoms with Crippen molar-refractivity contribution in [1.29, 1.82) is 0 Å². The van der Waals surface area contributed by atoms with Crippen molar-refractivity contribution in [2.45, 2.75) is 24.9 Å². The highest BCUT2D eigenvalue weighted by Crippen LogP contribution is 2.30. The van der Waals surface area contributed by atoms with Crippen LogP contribution in [-0.2, 0) is 19.1 Å². The molecule has 0 saturated heterocycles. The lowest BCUT2D eigenvalue weighted by Crippen LogP contribution is -2.53. The zero-order valence-electron chi connectivity index (χ0n) is 9.43. The minimum Gasteiger partial charge on any atom is -0.466 e. The lowest BCUT2D eigenvalue weighted by Gasteiger charge is -2.30. The molecule has 1 unspecified atom stereocenters. The molecule has 1 aliphatic rings. The fourth-order valence-electron chi connectivity index (χ4n) is 1.86. The quantitative estimate of drug-likeness (QED) is 0.430. The van der Waals surface area contributed by atoms with Gasteiger partial charge in [-0.15, -0.1) is 0 Å². The van der Waals surface area contributed by atoms with E-state index >= 15 is 0 Å². The third-order valence-electron chi connectivity index (χ3n) is 2.78. The SMILES string of the molecule is COC(=O)C(O)(C(=O)OC)C1C=CCCC1. The molecule has 1 N–H and O–H groups in total. The van der Waals surface area contributed by atoms with Gasteiger partial charge in [-0.05, 0) is 19.3 Å². The van der Waals surface area contributed by atoms with Gasteiger partial charge in [-0.2, -0.15) is 0 Å². The first kappa shape index (κ1) is 12.7. The van der Waals surface area contributed by atoms with Crippen molar-refractivity contribution >= 4 is 11.9 Å². The average Bonchev–Trinajstić information content (AvgIpc) is 2.36. The zero-order valence-corrected chi connectivity index (χ0v) is 9.43. The van der Waals surface area contributed by atoms with Crippen molar-refractivity contribution in [3.63, 3.8) is 0 Å². The van der Waals surface area contributed by atoms with E-state index in [2.05, 4.69) is 9.47 Å². The van der Waals surface area contributed by atoms with Crippen LogP contribution in [0, 0.1) is 5.92 Å². The van der Waals surface area contributed by atoms with Gasteiger partial charge in [0.25, 0.3) is 5.60 Å². The third-order valence-corrected chi connectivity index (χ3v) is 2.78. The summed E-state index contributed by atoms with van der Waals surface area (Å²) in [6.07, 6.45) is 5.76. The van der Waals surface area contributed by atoms with Crippen molar-refractivity contribution in [2.75, 3.05) is 14.2 Å². The molecule has 1 rings (SSSR count). The topological polar surface area (TPSA) is 72.8 Å². The molecule has 0 bridgehead atoms. The van der Waals surface area contributed by atoms with Crippen LogP contribution in [0.1, 0.15) is 19.3 Å². The zero-order chi connectivity index (χ0) is 12.2. The van der Waals surface area contributed by atoms with Gasteiger partial charge in [0.2, 0.25) is 0 Å². The van der Waals surface area contributed by atoms with Crippen molar-refractivity contribution in [1.82, 2.24) is 0 Å². The standard InChI is InChI=1S/C11H16O5/c1-15-9(12)11(14,10(13)16-2)8-6-4-3-5-7-8/h4,6,8,14H,3,5,7H2,1-2H3. The maximum atomic E-state index is 11.5. The molecule has 0 aromatic rings. The molecule has 0 spiro atoms. The molecular formula is C11H16O5. The molecule has 1 aliphatic carbocycles. The van der Waals surface area contributed by atoms with E-state index < -0.39 is 23.5 Å². The van der Waals surface area contributed by atoms with Gasteiger partial charge in [-0.25, -0.2) is 9.59 Å². The number of hydrogen-bond donors (Lipinski definition) is 1. The summed E-state index contributed by atoms with van der Waals surface area (Å²) in [6.45, 7) is 0. The van der Waals surface area contributed by atoms with Crippen LogP contribution < -0.4 is 0 Å². The number of hydrogen-bond acceptors (Lipinski definition) is 5. The Morgan fingerprint density at radius 1 is 1.31 bits per heavy atom. The third kappa shape index (κ3) is 2.09. The minimum atomic E-state index is -2.22. The first-order valence-corrected chi connectivity index (χ1v) is 5.13. The van der Waals surface area contributed by atoms with E-state index in [4.69, 9.17) is 0 Å². The van der Waals surface area contributed by atoms with Crippen LogP contribution in [0.15, 0.2) is 12.2 Å². The Hall–Kier alpha value is -1.36. The fourth-order valence-corrected chi connectivity index (χ4v) is 1.86. The molecule has 0 aromatic carbocycles. The Bertz CT molecular complexity index is 291. The Labute approximate surface area is 94.0 Å². The Morgan fingerprint density at radius 3 is 2.25 bits per heavy atom. The molecular weight excluding hydrogens is 212 g/mol. The summed E-state index contributed by atoms with van der Waals surface area (Å²) >= 11 is 0. The van der Waals surface area contributed by atoms with Gasteiger partial charge in [0, 0.05) is 5.92 Å². The smallest absolute Gasteiger partial charge is 0.350 e. The predicted molar refractivity (Wildman–Crippen MR) is 55.5 cm³/mol. The fraction of sp³-hybridized carbons (Fsp3) is 0.636. The number of allylic oxidation sites excluding steroid dienone is 1. The van der Waals surface area contributed by atoms with Crippen molar-refractivity contribution in [3.05, 3.63) is 12.2 Å². The number of rotatable bonds is 3. The number of esters is 2. The molecule has 0 aromatic heterocycles. The van der Waals surface area contributed by atoms with E-state index in [0.717, 1.165) is 27.1 Å². The molecule has 0 amide bonds. The van der Waals surface area contributed by atoms with Gasteiger partial charge < -0.3 is 14.6 Å². The summed E-state index contributed by atoms with van der Waals surface area (Å²) in [5.41, 5.74) is -2.22. The van der Waals surface area contributed by atoms with E-state index in [1.807, 2.05) is 6.08 Å². The van der Waals surface area contributed by atoms with Gasteiger partial charge in [0.1, 0.15) is 0 Å². The van der Waals surface area contributed by atoms with E-state index in [1.165, 1.54) is 0 Å². The van der Waals surface area contributed by atoms with Crippen LogP contribution in [0.5, 0.6) is 0 Å². The molecule has 0 fully saturated rings. The van der Waals surface area contributed by atoms with Crippen molar-refractivity contribution in [3.8, 4) is 0 Å². The van der Waals surface area contributed by atoms with Gasteiger partial charge in [-0.1, -0.05) is 12.2 Å². The molecule has 0 saturated carbocycles. The van der Waals surface area contributed by atoms with Gasteiger partial charge in [0.05, 0.1) is 14.2 Å². The summed E-state index contributed by atoms with van der Waals surface area (Å²) in [6, 6.07) is 0. The van der Waals surface area contributed by atoms with Crippen LogP contribution in [-0.4, -0.2) is 36.9 Å². The number of carbonyl (C=O) groups excluding carboxylic acids is 2. The number of methoxy groups -OCH3 is 2. The second-order valence-electron chi connectivity index (χ2n) is 3.72. The largest absolute Gasteiger partial charge is 0.466 e. The van der Waals surface area contributed by atoms with Crippen LogP contribution >= 0.6 is 0 Å². The second kappa shape index (κ2) is 5.12. The van der Waals surface area contributed by atoms with Gasteiger partial charge in [-0.3, -0.25) is 0 Å². The molecule has 0 radical (unpaired) electrons. The average molecular weight is 228 g/mol. The summed E-state index contributed by atoms with van der Waals surface area (Å²) in [5, 5.41) is 10.2. The summed E-state index contributed by atoms with van der Waals surface area (Å²) < 4.78 is 8.94. The predicted octanol–water partition coefficient (Wildman–Crippen LogP) is 0.420. The summed E-state index contributed by atoms with van der Waals surface area (Å²) in [7, 11) is 2.26. The highest BCUT2D eigenvalue weighted by Gasteiger charge is 2.52. The Balaban J connectivity index is 3.02. The summed E-state index contributed by atoms with van der Waals surface area (Å²) in [5.74, 6) is -2.53. The van der Waals surface area contributed by atoms with Crippen molar-refractivity contribution in [2.24, 2.45) is 5.92 Å². The van der Waals surface area contributed by atoms with Crippen LogP contribution in [0.3, 0.4) is 0 Å². The maximum Gasteiger partial charge on any atom is 0.350 e. The van der Waals surface area contributed by atoms with Crippen molar-refractivity contribution < 1.29 is 24.2 Å². The molecule has 1 atom stereocenters. The lowest BCUT2D eigenvalue weighted by molar-refractivity contribution is -0.185. The molecule has 16 heavy (non-hydrogen) atoms. The highest BCUT2D eigenvalue weighted by atomic mass is 16.6. The van der Waals surface area contributed by atoms with Crippen LogP contribution in [0.4, 0.5) is 0 Å². The van der Waals surface area contributed by atoms with E-state index in [1.54, 1.807) is 6.08 Å². The summed E-state index contributed by atoms with van der Waals surface area (Å²) in [4.78, 5) is 23.1. The molecule has 5 heteroatoms. The monoisotopic (exact) mass is 228 g/mol. The first-order chi connectivity index (χ1) is 7.57. The highest BCUT2D eigenvalue weighted by molar-refractivity contribution is 6.03.